The van der Waals surface area contributed by atoms with Gasteiger partial charge < -0.3 is 4.74 Å². The van der Waals surface area contributed by atoms with E-state index in [1.807, 2.05) is 6.92 Å². The van der Waals surface area contributed by atoms with Crippen LogP contribution in [-0.4, -0.2) is 12.1 Å². The molecule has 1 saturated carbocycles. The number of hydrogen-bond donors (Lipinski definition) is 0. The lowest BCUT2D eigenvalue weighted by molar-refractivity contribution is -0.145. The summed E-state index contributed by atoms with van der Waals surface area (Å²) >= 11 is 0. The van der Waals surface area contributed by atoms with Crippen molar-refractivity contribution in [2.75, 3.05) is 0 Å². The van der Waals surface area contributed by atoms with E-state index >= 15 is 0 Å². The van der Waals surface area contributed by atoms with Gasteiger partial charge in [0.15, 0.2) is 0 Å². The molecule has 4 atom stereocenters. The topological polar surface area (TPSA) is 26.3 Å². The zero-order chi connectivity index (χ0) is 11.2. The highest BCUT2D eigenvalue weighted by Gasteiger charge is 2.49. The lowest BCUT2D eigenvalue weighted by atomic mass is 9.63. The van der Waals surface area contributed by atoms with Crippen molar-refractivity contribution in [1.82, 2.24) is 0 Å². The molecule has 86 valence electrons. The van der Waals surface area contributed by atoms with Gasteiger partial charge in [0.05, 0.1) is 5.92 Å². The van der Waals surface area contributed by atoms with Gasteiger partial charge in [-0.05, 0) is 30.6 Å². The van der Waals surface area contributed by atoms with Crippen LogP contribution in [0.5, 0.6) is 0 Å². The van der Waals surface area contributed by atoms with E-state index in [1.165, 1.54) is 6.42 Å². The Kier molecular flexibility index (Phi) is 2.56. The number of carbonyl (C=O) groups is 1. The van der Waals surface area contributed by atoms with Gasteiger partial charge in [-0.1, -0.05) is 27.7 Å². The minimum Gasteiger partial charge on any atom is -0.462 e. The standard InChI is InChI=1S/C13H22O2/c1-8(2)13(4)6-5-10-9(3)12(14)15-11(10)7-13/h8-11H,5-7H2,1-4H3/t9?,10-,11+,13?/m0/s1. The fourth-order valence-electron chi connectivity index (χ4n) is 3.05. The minimum absolute atomic E-state index is 0.0259. The summed E-state index contributed by atoms with van der Waals surface area (Å²) in [6.45, 7) is 8.91. The molecule has 0 aromatic rings. The molecule has 0 amide bonds. The van der Waals surface area contributed by atoms with E-state index in [0.29, 0.717) is 17.3 Å². The van der Waals surface area contributed by atoms with Crippen molar-refractivity contribution in [3.63, 3.8) is 0 Å². The quantitative estimate of drug-likeness (QED) is 0.622. The van der Waals surface area contributed by atoms with E-state index in [0.717, 1.165) is 12.8 Å². The summed E-state index contributed by atoms with van der Waals surface area (Å²) in [5.74, 6) is 1.32. The number of esters is 1. The molecule has 2 rings (SSSR count). The Morgan fingerprint density at radius 2 is 2.13 bits per heavy atom. The highest BCUT2D eigenvalue weighted by atomic mass is 16.6. The molecule has 2 aliphatic rings. The highest BCUT2D eigenvalue weighted by molar-refractivity contribution is 5.74. The summed E-state index contributed by atoms with van der Waals surface area (Å²) in [7, 11) is 0. The van der Waals surface area contributed by atoms with Crippen LogP contribution in [0, 0.1) is 23.2 Å². The Labute approximate surface area is 92.4 Å². The Balaban J connectivity index is 2.11. The molecule has 1 aliphatic carbocycles. The Morgan fingerprint density at radius 1 is 1.47 bits per heavy atom. The summed E-state index contributed by atoms with van der Waals surface area (Å²) < 4.78 is 5.48. The molecule has 1 saturated heterocycles. The Hall–Kier alpha value is -0.530. The van der Waals surface area contributed by atoms with Crippen LogP contribution < -0.4 is 0 Å². The third-order valence-electron chi connectivity index (χ3n) is 4.87. The van der Waals surface area contributed by atoms with E-state index in [1.54, 1.807) is 0 Å². The lowest BCUT2D eigenvalue weighted by Crippen LogP contribution is -2.37. The second kappa shape index (κ2) is 3.50. The van der Waals surface area contributed by atoms with Gasteiger partial charge in [-0.2, -0.15) is 0 Å². The van der Waals surface area contributed by atoms with Crippen molar-refractivity contribution in [3.05, 3.63) is 0 Å². The summed E-state index contributed by atoms with van der Waals surface area (Å²) in [4.78, 5) is 11.5. The largest absolute Gasteiger partial charge is 0.462 e. The smallest absolute Gasteiger partial charge is 0.309 e. The Bertz CT molecular complexity index is 272. The van der Waals surface area contributed by atoms with Gasteiger partial charge in [0.2, 0.25) is 0 Å². The number of fused-ring (bicyclic) bond motifs is 1. The van der Waals surface area contributed by atoms with Crippen molar-refractivity contribution in [1.29, 1.82) is 0 Å². The molecule has 15 heavy (non-hydrogen) atoms. The molecule has 2 unspecified atom stereocenters. The first kappa shape index (κ1) is 11.0. The maximum absolute atomic E-state index is 11.5. The number of hydrogen-bond acceptors (Lipinski definition) is 2. The second-order valence-electron chi connectivity index (χ2n) is 5.98. The van der Waals surface area contributed by atoms with Crippen LogP contribution in [-0.2, 0) is 9.53 Å². The van der Waals surface area contributed by atoms with Gasteiger partial charge in [0.1, 0.15) is 6.10 Å². The molecule has 2 nitrogen and oxygen atoms in total. The van der Waals surface area contributed by atoms with Gasteiger partial charge in [-0.25, -0.2) is 0 Å². The zero-order valence-corrected chi connectivity index (χ0v) is 10.2. The van der Waals surface area contributed by atoms with Crippen LogP contribution in [0.25, 0.3) is 0 Å². The molecule has 0 spiro atoms. The molecule has 0 aromatic heterocycles. The Morgan fingerprint density at radius 3 is 2.73 bits per heavy atom. The molecule has 2 fully saturated rings. The summed E-state index contributed by atoms with van der Waals surface area (Å²) in [6.07, 6.45) is 3.67. The maximum Gasteiger partial charge on any atom is 0.309 e. The van der Waals surface area contributed by atoms with Crippen molar-refractivity contribution in [2.45, 2.75) is 53.1 Å². The lowest BCUT2D eigenvalue weighted by Gasteiger charge is -2.42. The van der Waals surface area contributed by atoms with E-state index in [-0.39, 0.29) is 18.0 Å². The third-order valence-corrected chi connectivity index (χ3v) is 4.87. The van der Waals surface area contributed by atoms with E-state index in [9.17, 15) is 4.79 Å². The molecule has 0 aromatic carbocycles. The monoisotopic (exact) mass is 210 g/mol. The van der Waals surface area contributed by atoms with Gasteiger partial charge in [-0.15, -0.1) is 0 Å². The van der Waals surface area contributed by atoms with Gasteiger partial charge in [-0.3, -0.25) is 4.79 Å². The predicted molar refractivity (Wildman–Crippen MR) is 59.3 cm³/mol. The molecule has 0 bridgehead atoms. The minimum atomic E-state index is 0.0259. The number of ether oxygens (including phenoxy) is 1. The SMILES string of the molecule is CC1C(=O)O[C@@H]2CC(C)(C(C)C)CC[C@@H]12. The van der Waals surface area contributed by atoms with E-state index < -0.39 is 0 Å². The van der Waals surface area contributed by atoms with Crippen LogP contribution in [0.4, 0.5) is 0 Å². The second-order valence-corrected chi connectivity index (χ2v) is 5.98. The molecule has 0 N–H and O–H groups in total. The first-order valence-electron chi connectivity index (χ1n) is 6.14. The summed E-state index contributed by atoms with van der Waals surface area (Å²) in [6, 6.07) is 0. The highest BCUT2D eigenvalue weighted by Crippen LogP contribution is 2.49. The average Bonchev–Trinajstić information content (AvgIpc) is 2.42. The van der Waals surface area contributed by atoms with Crippen LogP contribution >= 0.6 is 0 Å². The first-order valence-corrected chi connectivity index (χ1v) is 6.14. The van der Waals surface area contributed by atoms with Crippen LogP contribution in [0.1, 0.15) is 47.0 Å². The summed E-state index contributed by atoms with van der Waals surface area (Å²) in [5, 5.41) is 0. The van der Waals surface area contributed by atoms with E-state index in [2.05, 4.69) is 20.8 Å². The van der Waals surface area contributed by atoms with Crippen molar-refractivity contribution < 1.29 is 9.53 Å². The normalized spacial score (nSPS) is 45.4. The van der Waals surface area contributed by atoms with Crippen molar-refractivity contribution in [2.24, 2.45) is 23.2 Å². The number of carbonyl (C=O) groups excluding carboxylic acids is 1. The predicted octanol–water partition coefficient (Wildman–Crippen LogP) is 3.01. The van der Waals surface area contributed by atoms with Crippen LogP contribution in [0.3, 0.4) is 0 Å². The molecule has 1 aliphatic heterocycles. The van der Waals surface area contributed by atoms with E-state index in [4.69, 9.17) is 4.74 Å². The average molecular weight is 210 g/mol. The first-order chi connectivity index (χ1) is 6.94. The maximum atomic E-state index is 11.5. The fraction of sp³-hybridized carbons (Fsp3) is 0.923. The van der Waals surface area contributed by atoms with Gasteiger partial charge >= 0.3 is 5.97 Å². The molecule has 0 radical (unpaired) electrons. The van der Waals surface area contributed by atoms with Crippen molar-refractivity contribution >= 4 is 5.97 Å². The fourth-order valence-corrected chi connectivity index (χ4v) is 3.05. The van der Waals surface area contributed by atoms with Gasteiger partial charge in [0, 0.05) is 5.92 Å². The van der Waals surface area contributed by atoms with Gasteiger partial charge in [0.25, 0.3) is 0 Å². The third kappa shape index (κ3) is 1.68. The number of rotatable bonds is 1. The molecule has 1 heterocycles. The summed E-state index contributed by atoms with van der Waals surface area (Å²) in [5.41, 5.74) is 0.367. The van der Waals surface area contributed by atoms with Crippen molar-refractivity contribution in [3.8, 4) is 0 Å². The molecular weight excluding hydrogens is 188 g/mol. The molecule has 2 heteroatoms. The van der Waals surface area contributed by atoms with Crippen LogP contribution in [0.2, 0.25) is 0 Å². The zero-order valence-electron chi connectivity index (χ0n) is 10.2. The van der Waals surface area contributed by atoms with Crippen LogP contribution in [0.15, 0.2) is 0 Å². The molecular formula is C13H22O2.